The molecule has 0 aliphatic carbocycles. The molecule has 0 aliphatic rings. The molecular formula is C14H24N2O3S. The minimum absolute atomic E-state index is 0.135. The fraction of sp³-hybridized carbons (Fsp3) is 0.571. The lowest BCUT2D eigenvalue weighted by Crippen LogP contribution is -2.37. The van der Waals surface area contributed by atoms with Gasteiger partial charge in [0.2, 0.25) is 10.0 Å². The van der Waals surface area contributed by atoms with E-state index < -0.39 is 10.0 Å². The molecule has 0 spiro atoms. The third-order valence-corrected chi connectivity index (χ3v) is 5.19. The minimum Gasteiger partial charge on any atom is -0.495 e. The van der Waals surface area contributed by atoms with Crippen LogP contribution >= 0.6 is 0 Å². The Bertz CT molecular complexity index is 543. The predicted molar refractivity (Wildman–Crippen MR) is 80.1 cm³/mol. The van der Waals surface area contributed by atoms with Gasteiger partial charge in [-0.25, -0.2) is 13.1 Å². The van der Waals surface area contributed by atoms with E-state index in [1.54, 1.807) is 12.1 Å². The number of ether oxygens (including phenoxy) is 1. The van der Waals surface area contributed by atoms with Crippen LogP contribution in [-0.2, 0) is 16.6 Å². The fourth-order valence-electron chi connectivity index (χ4n) is 1.84. The molecule has 20 heavy (non-hydrogen) atoms. The SMILES string of the molecule is CCC(C)C(C)NS(=O)(=O)c1ccc(CN)cc1OC. The minimum atomic E-state index is -3.60. The van der Waals surface area contributed by atoms with E-state index in [2.05, 4.69) is 4.72 Å². The van der Waals surface area contributed by atoms with E-state index in [0.29, 0.717) is 12.3 Å². The number of rotatable bonds is 7. The van der Waals surface area contributed by atoms with E-state index in [1.807, 2.05) is 20.8 Å². The molecule has 5 nitrogen and oxygen atoms in total. The Morgan fingerprint density at radius 2 is 2.00 bits per heavy atom. The highest BCUT2D eigenvalue weighted by Crippen LogP contribution is 2.25. The van der Waals surface area contributed by atoms with E-state index in [0.717, 1.165) is 12.0 Å². The number of nitrogens with one attached hydrogen (secondary N) is 1. The average molecular weight is 300 g/mol. The van der Waals surface area contributed by atoms with Gasteiger partial charge in [-0.2, -0.15) is 0 Å². The number of benzene rings is 1. The Morgan fingerprint density at radius 3 is 2.50 bits per heavy atom. The van der Waals surface area contributed by atoms with Crippen molar-refractivity contribution >= 4 is 10.0 Å². The molecule has 0 heterocycles. The van der Waals surface area contributed by atoms with Gasteiger partial charge >= 0.3 is 0 Å². The number of sulfonamides is 1. The third kappa shape index (κ3) is 3.94. The molecule has 1 aromatic carbocycles. The zero-order valence-electron chi connectivity index (χ0n) is 12.5. The number of nitrogens with two attached hydrogens (primary N) is 1. The van der Waals surface area contributed by atoms with Crippen molar-refractivity contribution in [2.24, 2.45) is 11.7 Å². The van der Waals surface area contributed by atoms with Crippen molar-refractivity contribution < 1.29 is 13.2 Å². The second-order valence-electron chi connectivity index (χ2n) is 4.98. The van der Waals surface area contributed by atoms with Crippen molar-refractivity contribution in [3.63, 3.8) is 0 Å². The zero-order valence-corrected chi connectivity index (χ0v) is 13.3. The number of hydrogen-bond donors (Lipinski definition) is 2. The summed E-state index contributed by atoms with van der Waals surface area (Å²) in [5.74, 6) is 0.580. The highest BCUT2D eigenvalue weighted by atomic mass is 32.2. The first-order valence-corrected chi connectivity index (χ1v) is 8.23. The smallest absolute Gasteiger partial charge is 0.244 e. The molecule has 0 aromatic heterocycles. The van der Waals surface area contributed by atoms with Crippen LogP contribution in [0.25, 0.3) is 0 Å². The van der Waals surface area contributed by atoms with Crippen molar-refractivity contribution in [1.29, 1.82) is 0 Å². The second-order valence-corrected chi connectivity index (χ2v) is 6.67. The van der Waals surface area contributed by atoms with Gasteiger partial charge in [-0.1, -0.05) is 26.3 Å². The maximum atomic E-state index is 12.4. The number of hydrogen-bond acceptors (Lipinski definition) is 4. The van der Waals surface area contributed by atoms with Crippen molar-refractivity contribution in [3.05, 3.63) is 23.8 Å². The van der Waals surface area contributed by atoms with Crippen molar-refractivity contribution in [2.45, 2.75) is 44.7 Å². The molecule has 2 atom stereocenters. The Labute approximate surface area is 121 Å². The Morgan fingerprint density at radius 1 is 1.35 bits per heavy atom. The first-order chi connectivity index (χ1) is 9.35. The van der Waals surface area contributed by atoms with Crippen LogP contribution in [0.3, 0.4) is 0 Å². The van der Waals surface area contributed by atoms with E-state index in [4.69, 9.17) is 10.5 Å². The Hall–Kier alpha value is -1.11. The van der Waals surface area contributed by atoms with E-state index in [9.17, 15) is 8.42 Å². The number of methoxy groups -OCH3 is 1. The molecule has 0 fully saturated rings. The van der Waals surface area contributed by atoms with Crippen LogP contribution in [0.15, 0.2) is 23.1 Å². The largest absolute Gasteiger partial charge is 0.495 e. The molecule has 114 valence electrons. The molecule has 0 aliphatic heterocycles. The summed E-state index contributed by atoms with van der Waals surface area (Å²) in [5.41, 5.74) is 6.38. The van der Waals surface area contributed by atoms with Gasteiger partial charge in [-0.05, 0) is 30.5 Å². The van der Waals surface area contributed by atoms with E-state index >= 15 is 0 Å². The standard InChI is InChI=1S/C14H24N2O3S/c1-5-10(2)11(3)16-20(17,18)14-7-6-12(9-15)8-13(14)19-4/h6-8,10-11,16H,5,9,15H2,1-4H3. The molecule has 0 saturated heterocycles. The fourth-order valence-corrected chi connectivity index (χ4v) is 3.34. The lowest BCUT2D eigenvalue weighted by molar-refractivity contribution is 0.399. The summed E-state index contributed by atoms with van der Waals surface area (Å²) in [4.78, 5) is 0.146. The van der Waals surface area contributed by atoms with Gasteiger partial charge in [0.1, 0.15) is 10.6 Å². The highest BCUT2D eigenvalue weighted by Gasteiger charge is 2.23. The normalized spacial score (nSPS) is 14.8. The van der Waals surface area contributed by atoms with Crippen LogP contribution < -0.4 is 15.2 Å². The summed E-state index contributed by atoms with van der Waals surface area (Å²) in [6.45, 7) is 6.26. The lowest BCUT2D eigenvalue weighted by Gasteiger charge is -2.20. The summed E-state index contributed by atoms with van der Waals surface area (Å²) in [5, 5.41) is 0. The molecule has 0 bridgehead atoms. The van der Waals surface area contributed by atoms with Crippen molar-refractivity contribution in [3.8, 4) is 5.75 Å². The molecule has 0 radical (unpaired) electrons. The first-order valence-electron chi connectivity index (χ1n) is 6.75. The molecule has 1 rings (SSSR count). The Balaban J connectivity index is 3.09. The second kappa shape index (κ2) is 7.06. The van der Waals surface area contributed by atoms with Gasteiger partial charge < -0.3 is 10.5 Å². The summed E-state index contributed by atoms with van der Waals surface area (Å²) in [6, 6.07) is 4.75. The molecule has 0 saturated carbocycles. The van der Waals surface area contributed by atoms with Crippen LogP contribution in [0.1, 0.15) is 32.8 Å². The Kier molecular flexibility index (Phi) is 5.98. The quantitative estimate of drug-likeness (QED) is 0.805. The average Bonchev–Trinajstić information content (AvgIpc) is 2.44. The van der Waals surface area contributed by atoms with Crippen LogP contribution in [0.5, 0.6) is 5.75 Å². The first kappa shape index (κ1) is 16.9. The molecule has 6 heteroatoms. The van der Waals surface area contributed by atoms with Crippen molar-refractivity contribution in [2.75, 3.05) is 7.11 Å². The van der Waals surface area contributed by atoms with Gasteiger partial charge in [0, 0.05) is 12.6 Å². The summed E-state index contributed by atoms with van der Waals surface area (Å²) in [6.07, 6.45) is 0.910. The molecular weight excluding hydrogens is 276 g/mol. The van der Waals surface area contributed by atoms with Gasteiger partial charge in [0.25, 0.3) is 0 Å². The molecule has 0 amide bonds. The van der Waals surface area contributed by atoms with Gasteiger partial charge in [0.15, 0.2) is 0 Å². The monoisotopic (exact) mass is 300 g/mol. The van der Waals surface area contributed by atoms with Gasteiger partial charge in [-0.3, -0.25) is 0 Å². The predicted octanol–water partition coefficient (Wildman–Crippen LogP) is 1.87. The van der Waals surface area contributed by atoms with Crippen LogP contribution in [0, 0.1) is 5.92 Å². The van der Waals surface area contributed by atoms with E-state index in [1.165, 1.54) is 13.2 Å². The molecule has 2 unspecified atom stereocenters. The zero-order chi connectivity index (χ0) is 15.3. The van der Waals surface area contributed by atoms with Crippen LogP contribution in [0.2, 0.25) is 0 Å². The van der Waals surface area contributed by atoms with Crippen molar-refractivity contribution in [1.82, 2.24) is 4.72 Å². The van der Waals surface area contributed by atoms with Crippen LogP contribution in [0.4, 0.5) is 0 Å². The van der Waals surface area contributed by atoms with Gasteiger partial charge in [-0.15, -0.1) is 0 Å². The highest BCUT2D eigenvalue weighted by molar-refractivity contribution is 7.89. The maximum absolute atomic E-state index is 12.4. The maximum Gasteiger partial charge on any atom is 0.244 e. The summed E-state index contributed by atoms with van der Waals surface area (Å²) in [7, 11) is -2.15. The van der Waals surface area contributed by atoms with Crippen LogP contribution in [-0.4, -0.2) is 21.6 Å². The molecule has 1 aromatic rings. The summed E-state index contributed by atoms with van der Waals surface area (Å²) < 4.78 is 32.7. The topological polar surface area (TPSA) is 81.4 Å². The van der Waals surface area contributed by atoms with E-state index in [-0.39, 0.29) is 16.9 Å². The molecule has 3 N–H and O–H groups in total. The third-order valence-electron chi connectivity index (χ3n) is 3.59. The van der Waals surface area contributed by atoms with Gasteiger partial charge in [0.05, 0.1) is 7.11 Å². The summed E-state index contributed by atoms with van der Waals surface area (Å²) >= 11 is 0. The lowest BCUT2D eigenvalue weighted by atomic mass is 10.0.